The molecule has 241 valence electrons. The highest BCUT2D eigenvalue weighted by molar-refractivity contribution is 7.95. The van der Waals surface area contributed by atoms with Gasteiger partial charge in [-0.15, -0.1) is 0 Å². The van der Waals surface area contributed by atoms with Crippen LogP contribution < -0.4 is 0 Å². The van der Waals surface area contributed by atoms with Gasteiger partial charge in [-0.1, -0.05) is 103 Å². The van der Waals surface area contributed by atoms with Crippen molar-refractivity contribution in [1.29, 1.82) is 0 Å². The Hall–Kier alpha value is -2.53. The molecular weight excluding hydrogens is 617 g/mol. The Morgan fingerprint density at radius 1 is 0.568 bits per heavy atom. The second-order valence-corrected chi connectivity index (χ2v) is 18.7. The Morgan fingerprint density at radius 3 is 1.36 bits per heavy atom. The maximum Gasteiger partial charge on any atom is 0.325 e. The van der Waals surface area contributed by atoms with Crippen molar-refractivity contribution in [3.05, 3.63) is 75.3 Å². The minimum atomic E-state index is -5.45. The summed E-state index contributed by atoms with van der Waals surface area (Å²) in [6, 6.07) is 9.13. The normalized spacial score (nSPS) is 13.4. The molecule has 0 N–H and O–H groups in total. The summed E-state index contributed by atoms with van der Waals surface area (Å²) in [6.45, 7) is 21.6. The molecule has 3 aromatic carbocycles. The van der Waals surface area contributed by atoms with E-state index in [0.717, 1.165) is 17.2 Å². The lowest BCUT2D eigenvalue weighted by Gasteiger charge is -2.29. The summed E-state index contributed by atoms with van der Waals surface area (Å²) in [4.78, 5) is -3.01. The summed E-state index contributed by atoms with van der Waals surface area (Å²) in [5, 5.41) is 0. The highest BCUT2D eigenvalue weighted by Gasteiger charge is 2.42. The van der Waals surface area contributed by atoms with Crippen LogP contribution in [0.5, 0.6) is 0 Å². The highest BCUT2D eigenvalue weighted by atomic mass is 32.2. The van der Waals surface area contributed by atoms with Gasteiger partial charge in [-0.3, -0.25) is 0 Å². The molecule has 0 spiro atoms. The summed E-state index contributed by atoms with van der Waals surface area (Å²) in [6.07, 6.45) is 0. The van der Waals surface area contributed by atoms with Crippen LogP contribution >= 0.6 is 0 Å². The van der Waals surface area contributed by atoms with Gasteiger partial charge in [0.15, 0.2) is 0 Å². The average molecular weight is 662 g/mol. The van der Waals surface area contributed by atoms with Crippen LogP contribution in [0.4, 0.5) is 0 Å². The first kappa shape index (κ1) is 35.9. The van der Waals surface area contributed by atoms with Crippen molar-refractivity contribution in [3.8, 4) is 0 Å². The van der Waals surface area contributed by atoms with Crippen LogP contribution in [0.15, 0.2) is 60.9 Å². The first-order valence-corrected chi connectivity index (χ1v) is 19.1. The summed E-state index contributed by atoms with van der Waals surface area (Å²) in [5.41, 5.74) is 2.48. The van der Waals surface area contributed by atoms with E-state index < -0.39 is 49.9 Å². The van der Waals surface area contributed by atoms with Crippen molar-refractivity contribution in [2.75, 3.05) is 0 Å². The van der Waals surface area contributed by atoms with Crippen molar-refractivity contribution in [1.82, 2.24) is 0 Å². The molecule has 10 heteroatoms. The molecule has 7 nitrogen and oxygen atoms in total. The fourth-order valence-corrected chi connectivity index (χ4v) is 12.1. The van der Waals surface area contributed by atoms with Crippen LogP contribution in [0.25, 0.3) is 0 Å². The number of sulfone groups is 2. The zero-order valence-corrected chi connectivity index (χ0v) is 30.2. The number of hydrogen-bond donors (Lipinski definition) is 0. The van der Waals surface area contributed by atoms with E-state index >= 15 is 8.42 Å². The Bertz CT molecular complexity index is 1890. The Kier molecular flexibility index (Phi) is 9.81. The van der Waals surface area contributed by atoms with Gasteiger partial charge in [0.05, 0.1) is 14.7 Å². The monoisotopic (exact) mass is 661 g/mol. The SMILES string of the molecule is Cc1cc(C)c(S(=O)(=O)c2c(S([O])(=O)=O)ccc(C(C)(C)C)c2S(=O)(=O)c2c(C(C)C)cc(C(C)C)cc2C(C)C)c(C)c1. The molecule has 0 aliphatic heterocycles. The van der Waals surface area contributed by atoms with Crippen LogP contribution in [-0.2, 0) is 39.8 Å². The fourth-order valence-electron chi connectivity index (χ4n) is 5.85. The highest BCUT2D eigenvalue weighted by Crippen LogP contribution is 2.46. The topological polar surface area (TPSA) is 122 Å². The maximum atomic E-state index is 15.3. The Labute approximate surface area is 264 Å². The number of hydrogen-bond acceptors (Lipinski definition) is 6. The first-order valence-electron chi connectivity index (χ1n) is 14.7. The molecule has 1 radical (unpaired) electrons. The molecule has 0 aliphatic rings. The minimum Gasteiger partial charge on any atom is -0.218 e. The minimum absolute atomic E-state index is 0.0494. The molecule has 0 heterocycles. The van der Waals surface area contributed by atoms with Crippen molar-refractivity contribution in [3.63, 3.8) is 0 Å². The van der Waals surface area contributed by atoms with E-state index in [0.29, 0.717) is 22.3 Å². The van der Waals surface area contributed by atoms with Crippen molar-refractivity contribution >= 4 is 29.8 Å². The zero-order valence-electron chi connectivity index (χ0n) is 27.8. The van der Waals surface area contributed by atoms with Gasteiger partial charge in [0, 0.05) is 0 Å². The van der Waals surface area contributed by atoms with Crippen LogP contribution in [0.2, 0.25) is 0 Å². The molecule has 0 aromatic heterocycles. The summed E-state index contributed by atoms with van der Waals surface area (Å²) < 4.78 is 98.4. The Morgan fingerprint density at radius 2 is 1.00 bits per heavy atom. The summed E-state index contributed by atoms with van der Waals surface area (Å²) in [7, 11) is -15.1. The third-order valence-electron chi connectivity index (χ3n) is 7.91. The summed E-state index contributed by atoms with van der Waals surface area (Å²) >= 11 is 0. The molecule has 3 rings (SSSR count). The van der Waals surface area contributed by atoms with Gasteiger partial charge >= 0.3 is 10.1 Å². The number of rotatable bonds is 8. The fraction of sp³-hybridized carbons (Fsp3) is 0.471. The predicted octanol–water partition coefficient (Wildman–Crippen LogP) is 8.06. The molecule has 44 heavy (non-hydrogen) atoms. The molecule has 0 saturated heterocycles. The van der Waals surface area contributed by atoms with Crippen LogP contribution in [0, 0.1) is 20.8 Å². The molecular formula is C34H45O7S3. The molecule has 0 unspecified atom stereocenters. The number of benzene rings is 3. The lowest BCUT2D eigenvalue weighted by molar-refractivity contribution is 0.411. The lowest BCUT2D eigenvalue weighted by Crippen LogP contribution is -2.25. The molecule has 0 bridgehead atoms. The largest absolute Gasteiger partial charge is 0.325 e. The summed E-state index contributed by atoms with van der Waals surface area (Å²) in [5.74, 6) is -0.464. The van der Waals surface area contributed by atoms with E-state index in [2.05, 4.69) is 0 Å². The standard InChI is InChI=1S/C34H45O7S3/c1-19(2)25-17-26(20(3)4)31(27(18-25)21(5)6)43(37,38)32-28(34(10,11)12)13-14-29(44(39,40)41)33(32)42(35,36)30-23(8)15-22(7)16-24(30)9/h13-21H,1-12H3. The zero-order chi connectivity index (χ0) is 33.9. The van der Waals surface area contributed by atoms with Gasteiger partial charge in [-0.25, -0.2) is 16.8 Å². The van der Waals surface area contributed by atoms with E-state index in [-0.39, 0.29) is 33.1 Å². The average Bonchev–Trinajstić information content (AvgIpc) is 2.84. The van der Waals surface area contributed by atoms with Crippen molar-refractivity contribution in [2.24, 2.45) is 0 Å². The van der Waals surface area contributed by atoms with Crippen LogP contribution in [-0.4, -0.2) is 25.3 Å². The van der Waals surface area contributed by atoms with Gasteiger partial charge in [0.1, 0.15) is 9.79 Å². The van der Waals surface area contributed by atoms with Crippen LogP contribution in [0.1, 0.15) is 119 Å². The second kappa shape index (κ2) is 12.0. The molecule has 0 amide bonds. The van der Waals surface area contributed by atoms with Crippen LogP contribution in [0.3, 0.4) is 0 Å². The lowest BCUT2D eigenvalue weighted by atomic mass is 9.87. The van der Waals surface area contributed by atoms with E-state index in [1.54, 1.807) is 53.7 Å². The molecule has 0 saturated carbocycles. The van der Waals surface area contributed by atoms with E-state index in [1.165, 1.54) is 6.07 Å². The van der Waals surface area contributed by atoms with Crippen molar-refractivity contribution < 1.29 is 29.8 Å². The van der Waals surface area contributed by atoms with E-state index in [4.69, 9.17) is 0 Å². The van der Waals surface area contributed by atoms with Gasteiger partial charge < -0.3 is 0 Å². The van der Waals surface area contributed by atoms with E-state index in [1.807, 2.05) is 53.7 Å². The third kappa shape index (κ3) is 6.55. The molecule has 3 aromatic rings. The first-order chi connectivity index (χ1) is 19.8. The quantitative estimate of drug-likeness (QED) is 0.241. The van der Waals surface area contributed by atoms with Crippen molar-refractivity contribution in [2.45, 2.75) is 131 Å². The molecule has 0 atom stereocenters. The number of aryl methyl sites for hydroxylation is 3. The van der Waals surface area contributed by atoms with E-state index in [9.17, 15) is 21.4 Å². The second-order valence-electron chi connectivity index (χ2n) is 13.7. The third-order valence-corrected chi connectivity index (χ3v) is 13.2. The van der Waals surface area contributed by atoms with Gasteiger partial charge in [-0.05, 0) is 83.4 Å². The van der Waals surface area contributed by atoms with Gasteiger partial charge in [0.25, 0.3) is 0 Å². The maximum absolute atomic E-state index is 15.3. The molecule has 0 fully saturated rings. The molecule has 0 aliphatic carbocycles. The predicted molar refractivity (Wildman–Crippen MR) is 173 cm³/mol. The van der Waals surface area contributed by atoms with Gasteiger partial charge in [0.2, 0.25) is 19.7 Å². The Balaban J connectivity index is 2.79. The smallest absolute Gasteiger partial charge is 0.218 e. The van der Waals surface area contributed by atoms with Gasteiger partial charge in [-0.2, -0.15) is 8.42 Å².